The summed E-state index contributed by atoms with van der Waals surface area (Å²) in [7, 11) is 0. The maximum atomic E-state index is 11.6. The minimum atomic E-state index is -0.561. The van der Waals surface area contributed by atoms with Gasteiger partial charge in [-0.05, 0) is 54.2 Å². The highest BCUT2D eigenvalue weighted by molar-refractivity contribution is 6.33. The minimum Gasteiger partial charge on any atom is -0.366 e. The van der Waals surface area contributed by atoms with Crippen LogP contribution < -0.4 is 5.73 Å². The van der Waals surface area contributed by atoms with E-state index in [-0.39, 0.29) is 0 Å². The van der Waals surface area contributed by atoms with E-state index < -0.39 is 5.91 Å². The van der Waals surface area contributed by atoms with Crippen LogP contribution in [0.4, 0.5) is 0 Å². The normalized spacial score (nSPS) is 13.4. The molecule has 6 rings (SSSR count). The molecule has 2 N–H and O–H groups in total. The number of pyridine rings is 1. The smallest absolute Gasteiger partial charge is 0.250 e. The van der Waals surface area contributed by atoms with E-state index in [1.165, 1.54) is 18.4 Å². The molecular formula is C26H21ClN6O. The molecule has 0 atom stereocenters. The largest absolute Gasteiger partial charge is 0.366 e. The summed E-state index contributed by atoms with van der Waals surface area (Å²) in [6, 6.07) is 19.8. The van der Waals surface area contributed by atoms with Crippen LogP contribution >= 0.6 is 11.6 Å². The summed E-state index contributed by atoms with van der Waals surface area (Å²) in [5.74, 6) is 0.145. The molecule has 168 valence electrons. The molecule has 0 saturated heterocycles. The maximum Gasteiger partial charge on any atom is 0.250 e. The highest BCUT2D eigenvalue weighted by Crippen LogP contribution is 2.41. The Morgan fingerprint density at radius 3 is 2.68 bits per heavy atom. The second kappa shape index (κ2) is 8.11. The molecule has 3 aromatic heterocycles. The van der Waals surface area contributed by atoms with Gasteiger partial charge in [0.05, 0.1) is 29.0 Å². The van der Waals surface area contributed by atoms with E-state index in [0.717, 1.165) is 28.2 Å². The average Bonchev–Trinajstić information content (AvgIpc) is 3.48. The van der Waals surface area contributed by atoms with Crippen LogP contribution in [0.3, 0.4) is 0 Å². The fraction of sp³-hybridized carbons (Fsp3) is 0.154. The average molecular weight is 469 g/mol. The van der Waals surface area contributed by atoms with E-state index in [2.05, 4.69) is 34.6 Å². The summed E-state index contributed by atoms with van der Waals surface area (Å²) >= 11 is 6.08. The number of imidazole rings is 1. The van der Waals surface area contributed by atoms with Crippen molar-refractivity contribution in [2.24, 2.45) is 5.73 Å². The Labute approximate surface area is 200 Å². The highest BCUT2D eigenvalue weighted by Gasteiger charge is 2.24. The van der Waals surface area contributed by atoms with Crippen molar-refractivity contribution < 1.29 is 4.79 Å². The second-order valence-corrected chi connectivity index (χ2v) is 9.02. The molecule has 34 heavy (non-hydrogen) atoms. The molecule has 1 aliphatic carbocycles. The molecule has 7 nitrogen and oxygen atoms in total. The SMILES string of the molecule is NC(=O)c1cc(Cn2cc(-c3c(-c4ccc(C5CC5)cc4)nc4ccccn34)nn2)ccc1Cl. The minimum absolute atomic E-state index is 0.290. The standard InChI is InChI=1S/C26H21ClN6O/c27-21-11-4-16(13-20(21)26(28)34)14-32-15-22(30-31-32)25-24(29-23-3-1-2-12-33(23)25)19-9-7-18(8-10-19)17-5-6-17/h1-4,7-13,15,17H,5-6,14H2,(H2,28,34). The van der Waals surface area contributed by atoms with Crippen LogP contribution in [0.25, 0.3) is 28.3 Å². The number of fused-ring (bicyclic) bond motifs is 1. The van der Waals surface area contributed by atoms with Crippen molar-refractivity contribution in [3.05, 3.63) is 94.8 Å². The van der Waals surface area contributed by atoms with Crippen molar-refractivity contribution in [2.45, 2.75) is 25.3 Å². The number of primary amides is 1. The lowest BCUT2D eigenvalue weighted by Crippen LogP contribution is -2.12. The van der Waals surface area contributed by atoms with E-state index in [9.17, 15) is 4.79 Å². The topological polar surface area (TPSA) is 91.1 Å². The van der Waals surface area contributed by atoms with Crippen LogP contribution in [0.15, 0.2) is 73.1 Å². The van der Waals surface area contributed by atoms with Crippen LogP contribution in [0.1, 0.15) is 40.2 Å². The summed E-state index contributed by atoms with van der Waals surface area (Å²) in [6.07, 6.45) is 6.42. The molecule has 0 radical (unpaired) electrons. The summed E-state index contributed by atoms with van der Waals surface area (Å²) in [5, 5.41) is 9.12. The van der Waals surface area contributed by atoms with Crippen LogP contribution in [0.5, 0.6) is 0 Å². The molecule has 0 spiro atoms. The van der Waals surface area contributed by atoms with E-state index in [0.29, 0.717) is 28.7 Å². The van der Waals surface area contributed by atoms with Gasteiger partial charge in [0, 0.05) is 11.8 Å². The number of benzene rings is 2. The number of hydrogen-bond donors (Lipinski definition) is 1. The quantitative estimate of drug-likeness (QED) is 0.382. The van der Waals surface area contributed by atoms with Gasteiger partial charge in [0.1, 0.15) is 17.0 Å². The first kappa shape index (κ1) is 20.6. The van der Waals surface area contributed by atoms with Crippen molar-refractivity contribution in [1.82, 2.24) is 24.4 Å². The molecule has 1 fully saturated rings. The van der Waals surface area contributed by atoms with Crippen molar-refractivity contribution >= 4 is 23.2 Å². The van der Waals surface area contributed by atoms with Gasteiger partial charge in [-0.25, -0.2) is 9.67 Å². The number of rotatable bonds is 6. The molecule has 5 aromatic rings. The maximum absolute atomic E-state index is 11.6. The molecule has 1 aliphatic rings. The van der Waals surface area contributed by atoms with Gasteiger partial charge in [-0.15, -0.1) is 5.10 Å². The summed E-state index contributed by atoms with van der Waals surface area (Å²) in [4.78, 5) is 16.5. The first-order chi connectivity index (χ1) is 16.6. The number of aromatic nitrogens is 5. The predicted molar refractivity (Wildman–Crippen MR) is 131 cm³/mol. The Morgan fingerprint density at radius 2 is 1.91 bits per heavy atom. The monoisotopic (exact) mass is 468 g/mol. The van der Waals surface area contributed by atoms with Crippen LogP contribution in [-0.4, -0.2) is 30.3 Å². The Morgan fingerprint density at radius 1 is 1.09 bits per heavy atom. The molecule has 0 bridgehead atoms. The Bertz CT molecular complexity index is 1530. The van der Waals surface area contributed by atoms with Crippen molar-refractivity contribution in [3.8, 4) is 22.6 Å². The predicted octanol–water partition coefficient (Wildman–Crippen LogP) is 4.94. The van der Waals surface area contributed by atoms with E-state index >= 15 is 0 Å². The van der Waals surface area contributed by atoms with Gasteiger partial charge in [0.2, 0.25) is 5.91 Å². The molecule has 3 heterocycles. The van der Waals surface area contributed by atoms with E-state index in [1.807, 2.05) is 41.1 Å². The summed E-state index contributed by atoms with van der Waals surface area (Å²) in [6.45, 7) is 0.423. The van der Waals surface area contributed by atoms with Gasteiger partial charge in [-0.1, -0.05) is 53.2 Å². The third-order valence-electron chi connectivity index (χ3n) is 6.18. The Hall–Kier alpha value is -3.97. The third kappa shape index (κ3) is 3.74. The Kier molecular flexibility index (Phi) is 4.92. The lowest BCUT2D eigenvalue weighted by atomic mass is 10.0. The fourth-order valence-corrected chi connectivity index (χ4v) is 4.51. The van der Waals surface area contributed by atoms with Gasteiger partial charge >= 0.3 is 0 Å². The van der Waals surface area contributed by atoms with E-state index in [4.69, 9.17) is 22.3 Å². The number of nitrogens with two attached hydrogens (primary N) is 1. The molecule has 0 aliphatic heterocycles. The fourth-order valence-electron chi connectivity index (χ4n) is 4.30. The zero-order valence-corrected chi connectivity index (χ0v) is 19.0. The number of amides is 1. The summed E-state index contributed by atoms with van der Waals surface area (Å²) < 4.78 is 3.76. The lowest BCUT2D eigenvalue weighted by molar-refractivity contribution is 0.100. The number of carbonyl (C=O) groups excluding carboxylic acids is 1. The molecule has 8 heteroatoms. The number of carbonyl (C=O) groups is 1. The van der Waals surface area contributed by atoms with Crippen LogP contribution in [0, 0.1) is 0 Å². The van der Waals surface area contributed by atoms with Crippen LogP contribution in [0.2, 0.25) is 5.02 Å². The highest BCUT2D eigenvalue weighted by atomic mass is 35.5. The molecule has 1 amide bonds. The zero-order valence-electron chi connectivity index (χ0n) is 18.2. The number of nitrogens with zero attached hydrogens (tertiary/aromatic N) is 5. The van der Waals surface area contributed by atoms with Crippen molar-refractivity contribution in [2.75, 3.05) is 0 Å². The van der Waals surface area contributed by atoms with Gasteiger partial charge in [0.15, 0.2) is 0 Å². The molecule has 0 unspecified atom stereocenters. The third-order valence-corrected chi connectivity index (χ3v) is 6.51. The number of hydrogen-bond acceptors (Lipinski definition) is 4. The first-order valence-corrected chi connectivity index (χ1v) is 11.5. The van der Waals surface area contributed by atoms with Crippen molar-refractivity contribution in [3.63, 3.8) is 0 Å². The molecule has 2 aromatic carbocycles. The molecule has 1 saturated carbocycles. The number of halogens is 1. The Balaban J connectivity index is 1.38. The van der Waals surface area contributed by atoms with Gasteiger partial charge in [-0.2, -0.15) is 0 Å². The van der Waals surface area contributed by atoms with Crippen molar-refractivity contribution in [1.29, 1.82) is 0 Å². The second-order valence-electron chi connectivity index (χ2n) is 8.61. The van der Waals surface area contributed by atoms with Crippen LogP contribution in [-0.2, 0) is 6.54 Å². The van der Waals surface area contributed by atoms with Gasteiger partial charge in [0.25, 0.3) is 0 Å². The zero-order chi connectivity index (χ0) is 23.2. The lowest BCUT2D eigenvalue weighted by Gasteiger charge is -2.05. The van der Waals surface area contributed by atoms with Gasteiger partial charge < -0.3 is 5.73 Å². The molecular weight excluding hydrogens is 448 g/mol. The van der Waals surface area contributed by atoms with E-state index in [1.54, 1.807) is 16.8 Å². The van der Waals surface area contributed by atoms with Gasteiger partial charge in [-0.3, -0.25) is 9.20 Å². The summed E-state index contributed by atoms with van der Waals surface area (Å²) in [5.41, 5.74) is 12.3. The first-order valence-electron chi connectivity index (χ1n) is 11.1.